The Labute approximate surface area is 132 Å². The monoisotopic (exact) mass is 320 g/mol. The van der Waals surface area contributed by atoms with Crippen LogP contribution in [-0.2, 0) is 25.4 Å². The van der Waals surface area contributed by atoms with Crippen molar-refractivity contribution in [3.05, 3.63) is 27.2 Å². The maximum Gasteiger partial charge on any atom is 0.332 e. The molecule has 0 spiro atoms. The molecule has 1 aliphatic rings. The molecule has 1 atom stereocenters. The van der Waals surface area contributed by atoms with E-state index in [-0.39, 0.29) is 24.0 Å². The number of nitrogens with one attached hydrogen (secondary N) is 1. The molecule has 0 radical (unpaired) electrons. The largest absolute Gasteiger partial charge is 0.336 e. The number of carbonyl (C=O) groups excluding carboxylic acids is 1. The summed E-state index contributed by atoms with van der Waals surface area (Å²) in [6.07, 6.45) is 1.44. The number of fused-ring (bicyclic) bond motifs is 1. The molecule has 2 aromatic heterocycles. The van der Waals surface area contributed by atoms with Crippen molar-refractivity contribution in [3.8, 4) is 0 Å². The molecule has 3 rings (SSSR count). The van der Waals surface area contributed by atoms with Crippen LogP contribution in [0.3, 0.4) is 0 Å². The van der Waals surface area contributed by atoms with Crippen molar-refractivity contribution < 1.29 is 4.79 Å². The van der Waals surface area contributed by atoms with Crippen LogP contribution in [0.4, 0.5) is 0 Å². The number of amides is 1. The third-order valence-corrected chi connectivity index (χ3v) is 4.34. The lowest BCUT2D eigenvalue weighted by Crippen LogP contribution is -2.53. The first-order valence-electron chi connectivity index (χ1n) is 7.53. The second kappa shape index (κ2) is 5.65. The number of aromatic nitrogens is 4. The summed E-state index contributed by atoms with van der Waals surface area (Å²) in [6.45, 7) is 4.18. The van der Waals surface area contributed by atoms with Gasteiger partial charge in [-0.3, -0.25) is 18.7 Å². The van der Waals surface area contributed by atoms with E-state index in [1.807, 2.05) is 6.92 Å². The van der Waals surface area contributed by atoms with Crippen molar-refractivity contribution >= 4 is 17.1 Å². The number of rotatable bonds is 2. The van der Waals surface area contributed by atoms with Crippen LogP contribution in [0.15, 0.2) is 15.9 Å². The molecule has 1 N–H and O–H groups in total. The molecule has 0 unspecified atom stereocenters. The second-order valence-electron chi connectivity index (χ2n) is 5.89. The molecule has 1 fully saturated rings. The molecule has 1 saturated heterocycles. The lowest BCUT2D eigenvalue weighted by molar-refractivity contribution is -0.134. The van der Waals surface area contributed by atoms with E-state index >= 15 is 0 Å². The van der Waals surface area contributed by atoms with Crippen LogP contribution in [-0.4, -0.2) is 55.2 Å². The normalized spacial score (nSPS) is 18.6. The Kier molecular flexibility index (Phi) is 3.80. The molecule has 3 heterocycles. The van der Waals surface area contributed by atoms with Crippen LogP contribution in [0.5, 0.6) is 0 Å². The molecule has 0 aromatic carbocycles. The summed E-state index contributed by atoms with van der Waals surface area (Å²) >= 11 is 0. The SMILES string of the molecule is C[C@H]1CNCCN1C(=O)Cn1cnc2c1c(=O)n(C)c(=O)n2C. The fourth-order valence-corrected chi connectivity index (χ4v) is 2.96. The first-order chi connectivity index (χ1) is 10.9. The Hall–Kier alpha value is -2.42. The summed E-state index contributed by atoms with van der Waals surface area (Å²) in [7, 11) is 2.98. The van der Waals surface area contributed by atoms with Gasteiger partial charge in [-0.25, -0.2) is 9.78 Å². The summed E-state index contributed by atoms with van der Waals surface area (Å²) in [6, 6.07) is 0.109. The Bertz CT molecular complexity index is 877. The van der Waals surface area contributed by atoms with Gasteiger partial charge < -0.3 is 14.8 Å². The molecule has 9 nitrogen and oxygen atoms in total. The Balaban J connectivity index is 2.00. The zero-order valence-corrected chi connectivity index (χ0v) is 13.4. The number of nitrogens with zero attached hydrogens (tertiary/aromatic N) is 5. The number of imidazole rings is 1. The van der Waals surface area contributed by atoms with Crippen LogP contribution < -0.4 is 16.6 Å². The first-order valence-corrected chi connectivity index (χ1v) is 7.53. The van der Waals surface area contributed by atoms with Gasteiger partial charge in [0, 0.05) is 39.8 Å². The van der Waals surface area contributed by atoms with Crippen LogP contribution in [0, 0.1) is 0 Å². The summed E-state index contributed by atoms with van der Waals surface area (Å²) in [5.74, 6) is -0.0609. The molecule has 9 heteroatoms. The van der Waals surface area contributed by atoms with E-state index in [0.29, 0.717) is 12.2 Å². The smallest absolute Gasteiger partial charge is 0.332 e. The van der Waals surface area contributed by atoms with Gasteiger partial charge >= 0.3 is 5.69 Å². The van der Waals surface area contributed by atoms with E-state index < -0.39 is 11.2 Å². The fraction of sp³-hybridized carbons (Fsp3) is 0.571. The van der Waals surface area contributed by atoms with Crippen molar-refractivity contribution in [3.63, 3.8) is 0 Å². The van der Waals surface area contributed by atoms with Gasteiger partial charge in [0.05, 0.1) is 6.33 Å². The molecule has 124 valence electrons. The van der Waals surface area contributed by atoms with Crippen molar-refractivity contribution in [2.24, 2.45) is 14.1 Å². The third-order valence-electron chi connectivity index (χ3n) is 4.34. The minimum absolute atomic E-state index is 0.0360. The van der Waals surface area contributed by atoms with Crippen LogP contribution in [0.25, 0.3) is 11.2 Å². The van der Waals surface area contributed by atoms with Gasteiger partial charge in [-0.1, -0.05) is 0 Å². The number of hydrogen-bond donors (Lipinski definition) is 1. The van der Waals surface area contributed by atoms with Gasteiger partial charge in [0.2, 0.25) is 5.91 Å². The topological polar surface area (TPSA) is 94.2 Å². The van der Waals surface area contributed by atoms with E-state index in [0.717, 1.165) is 17.7 Å². The maximum atomic E-state index is 12.5. The highest BCUT2D eigenvalue weighted by Gasteiger charge is 2.24. The lowest BCUT2D eigenvalue weighted by atomic mass is 10.2. The number of carbonyl (C=O) groups is 1. The molecule has 0 saturated carbocycles. The number of aryl methyl sites for hydroxylation is 1. The summed E-state index contributed by atoms with van der Waals surface area (Å²) < 4.78 is 3.86. The summed E-state index contributed by atoms with van der Waals surface area (Å²) in [5, 5.41) is 3.23. The minimum Gasteiger partial charge on any atom is -0.336 e. The molecule has 1 aliphatic heterocycles. The molecule has 23 heavy (non-hydrogen) atoms. The fourth-order valence-electron chi connectivity index (χ4n) is 2.96. The molecular formula is C14H20N6O3. The Morgan fingerprint density at radius 3 is 2.78 bits per heavy atom. The van der Waals surface area contributed by atoms with E-state index in [2.05, 4.69) is 10.3 Å². The molecule has 0 aliphatic carbocycles. The first kappa shape index (κ1) is 15.5. The second-order valence-corrected chi connectivity index (χ2v) is 5.89. The molecule has 1 amide bonds. The molecule has 0 bridgehead atoms. The summed E-state index contributed by atoms with van der Waals surface area (Å²) in [5.41, 5.74) is -0.318. The van der Waals surface area contributed by atoms with Crippen molar-refractivity contribution in [1.29, 1.82) is 0 Å². The lowest BCUT2D eigenvalue weighted by Gasteiger charge is -2.34. The van der Waals surface area contributed by atoms with Gasteiger partial charge in [-0.2, -0.15) is 0 Å². The maximum absolute atomic E-state index is 12.5. The zero-order valence-electron chi connectivity index (χ0n) is 13.4. The predicted molar refractivity (Wildman–Crippen MR) is 84.3 cm³/mol. The van der Waals surface area contributed by atoms with E-state index in [9.17, 15) is 14.4 Å². The highest BCUT2D eigenvalue weighted by molar-refractivity contribution is 5.79. The van der Waals surface area contributed by atoms with Crippen molar-refractivity contribution in [2.45, 2.75) is 19.5 Å². The van der Waals surface area contributed by atoms with Crippen molar-refractivity contribution in [2.75, 3.05) is 19.6 Å². The van der Waals surface area contributed by atoms with E-state index in [1.54, 1.807) is 11.9 Å². The van der Waals surface area contributed by atoms with Crippen LogP contribution in [0.2, 0.25) is 0 Å². The average molecular weight is 320 g/mol. The van der Waals surface area contributed by atoms with Gasteiger partial charge in [0.1, 0.15) is 6.54 Å². The number of piperazine rings is 1. The quantitative estimate of drug-likeness (QED) is 0.708. The number of hydrogen-bond acceptors (Lipinski definition) is 5. The standard InChI is InChI=1S/C14H20N6O3/c1-9-6-15-4-5-20(9)10(21)7-19-8-16-12-11(19)13(22)18(3)14(23)17(12)2/h8-9,15H,4-7H2,1-3H3/t9-/m0/s1. The van der Waals surface area contributed by atoms with Crippen LogP contribution in [0.1, 0.15) is 6.92 Å². The predicted octanol–water partition coefficient (Wildman–Crippen LogP) is -1.75. The van der Waals surface area contributed by atoms with E-state index in [4.69, 9.17) is 0 Å². The Morgan fingerprint density at radius 2 is 2.09 bits per heavy atom. The van der Waals surface area contributed by atoms with Gasteiger partial charge in [-0.05, 0) is 6.92 Å². The Morgan fingerprint density at radius 1 is 1.35 bits per heavy atom. The zero-order chi connectivity index (χ0) is 16.7. The molecular weight excluding hydrogens is 300 g/mol. The van der Waals surface area contributed by atoms with E-state index in [1.165, 1.54) is 22.5 Å². The van der Waals surface area contributed by atoms with Crippen LogP contribution >= 0.6 is 0 Å². The van der Waals surface area contributed by atoms with Gasteiger partial charge in [0.25, 0.3) is 5.56 Å². The van der Waals surface area contributed by atoms with Crippen molar-refractivity contribution in [1.82, 2.24) is 28.9 Å². The highest BCUT2D eigenvalue weighted by Crippen LogP contribution is 2.09. The van der Waals surface area contributed by atoms with Gasteiger partial charge in [-0.15, -0.1) is 0 Å². The highest BCUT2D eigenvalue weighted by atomic mass is 16.2. The average Bonchev–Trinajstić information content (AvgIpc) is 2.95. The minimum atomic E-state index is -0.443. The molecule has 2 aromatic rings. The third kappa shape index (κ3) is 2.46. The summed E-state index contributed by atoms with van der Waals surface area (Å²) in [4.78, 5) is 42.7. The van der Waals surface area contributed by atoms with Gasteiger partial charge in [0.15, 0.2) is 11.2 Å².